The number of carbonyl (C=O) groups is 1. The van der Waals surface area contributed by atoms with E-state index >= 15 is 0 Å². The maximum Gasteiger partial charge on any atom is 0.222 e. The molecule has 2 saturated heterocycles. The minimum atomic E-state index is 0.202. The van der Waals surface area contributed by atoms with Crippen LogP contribution in [0.2, 0.25) is 0 Å². The van der Waals surface area contributed by atoms with Gasteiger partial charge in [0.2, 0.25) is 5.91 Å². The molecule has 0 N–H and O–H groups in total. The van der Waals surface area contributed by atoms with Gasteiger partial charge in [-0.3, -0.25) is 19.7 Å². The van der Waals surface area contributed by atoms with Crippen LogP contribution in [0.1, 0.15) is 42.6 Å². The Balaban J connectivity index is 1.44. The molecule has 0 unspecified atom stereocenters. The SMILES string of the molecule is Cc1cnc(CN2C[C@@]3(CCCN(Cc4ccoc4)C3)CCC2=O)cn1. The van der Waals surface area contributed by atoms with E-state index in [-0.39, 0.29) is 11.3 Å². The van der Waals surface area contributed by atoms with Gasteiger partial charge in [0.25, 0.3) is 0 Å². The number of nitrogens with zero attached hydrogens (tertiary/aromatic N) is 4. The molecule has 2 aliphatic rings. The van der Waals surface area contributed by atoms with Crippen molar-refractivity contribution in [3.8, 4) is 0 Å². The summed E-state index contributed by atoms with van der Waals surface area (Å²) in [4.78, 5) is 25.7. The third-order valence-electron chi connectivity index (χ3n) is 5.66. The molecule has 26 heavy (non-hydrogen) atoms. The van der Waals surface area contributed by atoms with Gasteiger partial charge in [-0.2, -0.15) is 0 Å². The molecule has 0 aliphatic carbocycles. The highest BCUT2D eigenvalue weighted by Crippen LogP contribution is 2.39. The maximum atomic E-state index is 12.5. The lowest BCUT2D eigenvalue weighted by atomic mass is 9.73. The third kappa shape index (κ3) is 3.80. The molecule has 1 atom stereocenters. The average molecular weight is 354 g/mol. The van der Waals surface area contributed by atoms with Crippen molar-refractivity contribution in [2.75, 3.05) is 19.6 Å². The molecular weight excluding hydrogens is 328 g/mol. The molecule has 138 valence electrons. The number of aromatic nitrogens is 2. The largest absolute Gasteiger partial charge is 0.472 e. The molecule has 6 heteroatoms. The van der Waals surface area contributed by atoms with E-state index in [1.165, 1.54) is 18.4 Å². The van der Waals surface area contributed by atoms with Crippen LogP contribution in [0.25, 0.3) is 0 Å². The Morgan fingerprint density at radius 1 is 1.19 bits per heavy atom. The lowest BCUT2D eigenvalue weighted by molar-refractivity contribution is -0.140. The topological polar surface area (TPSA) is 62.5 Å². The predicted molar refractivity (Wildman–Crippen MR) is 97.1 cm³/mol. The first kappa shape index (κ1) is 17.2. The number of carbonyl (C=O) groups excluding carboxylic acids is 1. The van der Waals surface area contributed by atoms with Gasteiger partial charge in [0.1, 0.15) is 0 Å². The van der Waals surface area contributed by atoms with Crippen molar-refractivity contribution >= 4 is 5.91 Å². The summed E-state index contributed by atoms with van der Waals surface area (Å²) < 4.78 is 5.21. The van der Waals surface area contributed by atoms with Crippen LogP contribution in [0, 0.1) is 12.3 Å². The van der Waals surface area contributed by atoms with E-state index in [4.69, 9.17) is 4.42 Å². The first-order valence-corrected chi connectivity index (χ1v) is 9.41. The van der Waals surface area contributed by atoms with E-state index in [2.05, 4.69) is 14.9 Å². The molecule has 2 fully saturated rings. The minimum Gasteiger partial charge on any atom is -0.472 e. The smallest absolute Gasteiger partial charge is 0.222 e. The van der Waals surface area contributed by atoms with Crippen molar-refractivity contribution in [1.29, 1.82) is 0 Å². The summed E-state index contributed by atoms with van der Waals surface area (Å²) in [6.07, 6.45) is 11.1. The molecular formula is C20H26N4O2. The van der Waals surface area contributed by atoms with Gasteiger partial charge in [0, 0.05) is 43.2 Å². The second-order valence-corrected chi connectivity index (χ2v) is 7.84. The Hall–Kier alpha value is -2.21. The minimum absolute atomic E-state index is 0.202. The summed E-state index contributed by atoms with van der Waals surface area (Å²) in [6.45, 7) is 6.40. The van der Waals surface area contributed by atoms with Gasteiger partial charge in [-0.15, -0.1) is 0 Å². The van der Waals surface area contributed by atoms with E-state index in [1.54, 1.807) is 18.7 Å². The number of piperidine rings is 2. The zero-order valence-electron chi connectivity index (χ0n) is 15.4. The van der Waals surface area contributed by atoms with Gasteiger partial charge < -0.3 is 9.32 Å². The number of likely N-dealkylation sites (tertiary alicyclic amines) is 2. The molecule has 2 aromatic rings. The van der Waals surface area contributed by atoms with Gasteiger partial charge in [0.15, 0.2) is 0 Å². The summed E-state index contributed by atoms with van der Waals surface area (Å²) in [5.74, 6) is 0.241. The molecule has 6 nitrogen and oxygen atoms in total. The number of aryl methyl sites for hydroxylation is 1. The molecule has 4 rings (SSSR count). The van der Waals surface area contributed by atoms with E-state index < -0.39 is 0 Å². The summed E-state index contributed by atoms with van der Waals surface area (Å²) in [7, 11) is 0. The van der Waals surface area contributed by atoms with E-state index in [0.29, 0.717) is 13.0 Å². The van der Waals surface area contributed by atoms with Gasteiger partial charge >= 0.3 is 0 Å². The second kappa shape index (κ2) is 7.19. The number of hydrogen-bond donors (Lipinski definition) is 0. The number of rotatable bonds is 4. The van der Waals surface area contributed by atoms with Crippen molar-refractivity contribution in [1.82, 2.24) is 19.8 Å². The van der Waals surface area contributed by atoms with Crippen molar-refractivity contribution in [2.45, 2.75) is 45.7 Å². The first-order chi connectivity index (χ1) is 12.6. The molecule has 2 aliphatic heterocycles. The van der Waals surface area contributed by atoms with Crippen LogP contribution in [0.3, 0.4) is 0 Å². The van der Waals surface area contributed by atoms with Gasteiger partial charge in [-0.1, -0.05) is 0 Å². The van der Waals surface area contributed by atoms with Crippen molar-refractivity contribution in [3.63, 3.8) is 0 Å². The van der Waals surface area contributed by atoms with Crippen LogP contribution in [-0.4, -0.2) is 45.3 Å². The van der Waals surface area contributed by atoms with E-state index in [9.17, 15) is 4.79 Å². The summed E-state index contributed by atoms with van der Waals surface area (Å²) in [6, 6.07) is 2.04. The molecule has 0 saturated carbocycles. The molecule has 0 radical (unpaired) electrons. The number of amides is 1. The van der Waals surface area contributed by atoms with Crippen LogP contribution >= 0.6 is 0 Å². The number of furan rings is 1. The highest BCUT2D eigenvalue weighted by molar-refractivity contribution is 5.77. The predicted octanol–water partition coefficient (Wildman–Crippen LogP) is 2.78. The van der Waals surface area contributed by atoms with Crippen LogP contribution in [-0.2, 0) is 17.9 Å². The molecule has 0 aromatic carbocycles. The van der Waals surface area contributed by atoms with E-state index in [0.717, 1.165) is 44.0 Å². The van der Waals surface area contributed by atoms with Crippen LogP contribution < -0.4 is 0 Å². The van der Waals surface area contributed by atoms with Gasteiger partial charge in [0.05, 0.1) is 36.7 Å². The van der Waals surface area contributed by atoms with Gasteiger partial charge in [-0.05, 0) is 38.8 Å². The molecule has 4 heterocycles. The monoisotopic (exact) mass is 354 g/mol. The second-order valence-electron chi connectivity index (χ2n) is 7.84. The first-order valence-electron chi connectivity index (χ1n) is 9.41. The van der Waals surface area contributed by atoms with Crippen molar-refractivity contribution in [3.05, 3.63) is 47.9 Å². The Labute approximate surface area is 154 Å². The quantitative estimate of drug-likeness (QED) is 0.845. The lowest BCUT2D eigenvalue weighted by Gasteiger charge is -2.48. The Morgan fingerprint density at radius 3 is 2.88 bits per heavy atom. The summed E-state index contributed by atoms with van der Waals surface area (Å²) in [5.41, 5.74) is 3.19. The van der Waals surface area contributed by atoms with Crippen LogP contribution in [0.15, 0.2) is 35.4 Å². The fourth-order valence-corrected chi connectivity index (χ4v) is 4.36. The van der Waals surface area contributed by atoms with Crippen molar-refractivity contribution < 1.29 is 9.21 Å². The fourth-order valence-electron chi connectivity index (χ4n) is 4.36. The molecule has 1 amide bonds. The Bertz CT molecular complexity index is 744. The van der Waals surface area contributed by atoms with E-state index in [1.807, 2.05) is 24.2 Å². The summed E-state index contributed by atoms with van der Waals surface area (Å²) in [5, 5.41) is 0. The number of hydrogen-bond acceptors (Lipinski definition) is 5. The molecule has 0 bridgehead atoms. The highest BCUT2D eigenvalue weighted by atomic mass is 16.3. The zero-order valence-corrected chi connectivity index (χ0v) is 15.4. The summed E-state index contributed by atoms with van der Waals surface area (Å²) >= 11 is 0. The van der Waals surface area contributed by atoms with Crippen LogP contribution in [0.4, 0.5) is 0 Å². The fraction of sp³-hybridized carbons (Fsp3) is 0.550. The maximum absolute atomic E-state index is 12.5. The van der Waals surface area contributed by atoms with Crippen molar-refractivity contribution in [2.24, 2.45) is 5.41 Å². The normalized spacial score (nSPS) is 24.3. The zero-order chi connectivity index (χ0) is 18.0. The average Bonchev–Trinajstić information content (AvgIpc) is 3.14. The molecule has 2 aromatic heterocycles. The third-order valence-corrected chi connectivity index (χ3v) is 5.66. The molecule has 1 spiro atoms. The lowest BCUT2D eigenvalue weighted by Crippen LogP contribution is -2.53. The Kier molecular flexibility index (Phi) is 4.76. The van der Waals surface area contributed by atoms with Crippen LogP contribution in [0.5, 0.6) is 0 Å². The standard InChI is InChI=1S/C20H26N4O2/c1-16-9-22-18(10-21-16)12-24-15-20(6-3-19(24)25)5-2-7-23(14-20)11-17-4-8-26-13-17/h4,8-10,13H,2-3,5-7,11-12,14-15H2,1H3/t20-/m0/s1. The van der Waals surface area contributed by atoms with Gasteiger partial charge in [-0.25, -0.2) is 0 Å². The Morgan fingerprint density at radius 2 is 2.12 bits per heavy atom. The highest BCUT2D eigenvalue weighted by Gasteiger charge is 2.41.